The quantitative estimate of drug-likeness (QED) is 0.825. The lowest BCUT2D eigenvalue weighted by Crippen LogP contribution is -2.44. The number of thiazole rings is 1. The fourth-order valence-corrected chi connectivity index (χ4v) is 5.04. The first-order valence-electron chi connectivity index (χ1n) is 8.03. The summed E-state index contributed by atoms with van der Waals surface area (Å²) in [7, 11) is -1.69. The molecule has 120 valence electrons. The second-order valence-corrected chi connectivity index (χ2v) is 13.5. The molecule has 0 amide bonds. The van der Waals surface area contributed by atoms with Gasteiger partial charge in [0.05, 0.1) is 22.4 Å². The van der Waals surface area contributed by atoms with E-state index >= 15 is 0 Å². The molecular weight excluding hydrogens is 308 g/mol. The summed E-state index contributed by atoms with van der Waals surface area (Å²) in [6, 6.07) is 8.71. The third-order valence-electron chi connectivity index (χ3n) is 4.97. The number of benzene rings is 1. The number of aromatic nitrogens is 1. The zero-order valence-corrected chi connectivity index (χ0v) is 16.0. The second kappa shape index (κ2) is 5.71. The number of hydrogen-bond acceptors (Lipinski definition) is 4. The molecule has 1 aliphatic heterocycles. The molecule has 3 rings (SSSR count). The first-order valence-corrected chi connectivity index (χ1v) is 11.8. The van der Waals surface area contributed by atoms with Crippen molar-refractivity contribution >= 4 is 29.9 Å². The Morgan fingerprint density at radius 3 is 2.68 bits per heavy atom. The standard InChI is InChI=1S/C17H26N2OSSi/c1-17(2,3)22(4,5)20-12-10-14(18-11-12)16-19-13-8-6-7-9-15(13)21-16/h6-9,12,14,18H,10-11H2,1-5H3/t12-,14-/m1/s1. The van der Waals surface area contributed by atoms with Crippen molar-refractivity contribution in [3.8, 4) is 0 Å². The van der Waals surface area contributed by atoms with Gasteiger partial charge in [0, 0.05) is 6.54 Å². The van der Waals surface area contributed by atoms with Crippen molar-refractivity contribution in [1.82, 2.24) is 10.3 Å². The highest BCUT2D eigenvalue weighted by molar-refractivity contribution is 7.18. The highest BCUT2D eigenvalue weighted by Crippen LogP contribution is 2.39. The van der Waals surface area contributed by atoms with Crippen LogP contribution in [-0.2, 0) is 4.43 Å². The molecule has 1 N–H and O–H groups in total. The fourth-order valence-electron chi connectivity index (χ4n) is 2.61. The molecule has 1 aromatic carbocycles. The summed E-state index contributed by atoms with van der Waals surface area (Å²) in [5, 5.41) is 5.06. The molecule has 0 bridgehead atoms. The summed E-state index contributed by atoms with van der Waals surface area (Å²) in [6.45, 7) is 12.5. The monoisotopic (exact) mass is 334 g/mol. The Morgan fingerprint density at radius 2 is 2.00 bits per heavy atom. The van der Waals surface area contributed by atoms with Crippen molar-refractivity contribution in [2.24, 2.45) is 0 Å². The minimum Gasteiger partial charge on any atom is -0.413 e. The summed E-state index contributed by atoms with van der Waals surface area (Å²) >= 11 is 1.80. The van der Waals surface area contributed by atoms with E-state index in [2.05, 4.69) is 63.4 Å². The van der Waals surface area contributed by atoms with Crippen LogP contribution >= 0.6 is 11.3 Å². The lowest BCUT2D eigenvalue weighted by atomic mass is 10.2. The van der Waals surface area contributed by atoms with Crippen molar-refractivity contribution in [3.05, 3.63) is 29.3 Å². The lowest BCUT2D eigenvalue weighted by Gasteiger charge is -2.38. The molecule has 0 radical (unpaired) electrons. The number of nitrogens with one attached hydrogen (secondary N) is 1. The van der Waals surface area contributed by atoms with Gasteiger partial charge < -0.3 is 9.74 Å². The zero-order chi connectivity index (χ0) is 16.0. The largest absolute Gasteiger partial charge is 0.413 e. The second-order valence-electron chi connectivity index (χ2n) is 7.72. The third-order valence-corrected chi connectivity index (χ3v) is 10.7. The first kappa shape index (κ1) is 16.1. The van der Waals surface area contributed by atoms with Crippen LogP contribution in [0.25, 0.3) is 10.2 Å². The molecule has 0 spiro atoms. The summed E-state index contributed by atoms with van der Waals surface area (Å²) in [5.74, 6) is 0. The van der Waals surface area contributed by atoms with E-state index in [0.717, 1.165) is 18.5 Å². The van der Waals surface area contributed by atoms with Crippen LogP contribution in [0.3, 0.4) is 0 Å². The zero-order valence-electron chi connectivity index (χ0n) is 14.1. The van der Waals surface area contributed by atoms with Gasteiger partial charge >= 0.3 is 0 Å². The topological polar surface area (TPSA) is 34.1 Å². The minimum atomic E-state index is -1.69. The molecule has 0 unspecified atom stereocenters. The predicted octanol–water partition coefficient (Wildman–Crippen LogP) is 4.72. The van der Waals surface area contributed by atoms with Gasteiger partial charge in [0.25, 0.3) is 0 Å². The van der Waals surface area contributed by atoms with Crippen molar-refractivity contribution < 1.29 is 4.43 Å². The Morgan fingerprint density at radius 1 is 1.27 bits per heavy atom. The third kappa shape index (κ3) is 3.13. The van der Waals surface area contributed by atoms with Gasteiger partial charge in [-0.05, 0) is 36.7 Å². The van der Waals surface area contributed by atoms with Crippen LogP contribution in [0.5, 0.6) is 0 Å². The Hall–Kier alpha value is -0.753. The Balaban J connectivity index is 1.70. The summed E-state index contributed by atoms with van der Waals surface area (Å²) in [6.07, 6.45) is 1.35. The average Bonchev–Trinajstić information content (AvgIpc) is 3.02. The van der Waals surface area contributed by atoms with Crippen LogP contribution in [0.15, 0.2) is 24.3 Å². The van der Waals surface area contributed by atoms with Gasteiger partial charge in [-0.15, -0.1) is 11.3 Å². The van der Waals surface area contributed by atoms with Crippen LogP contribution < -0.4 is 5.32 Å². The molecule has 0 saturated carbocycles. The Kier molecular flexibility index (Phi) is 4.18. The summed E-state index contributed by atoms with van der Waals surface area (Å²) < 4.78 is 7.81. The molecule has 2 atom stereocenters. The number of para-hydroxylation sites is 1. The number of fused-ring (bicyclic) bond motifs is 1. The SMILES string of the molecule is CC(C)(C)[Si](C)(C)O[C@H]1CN[C@@H](c2nc3ccccc3s2)C1. The molecule has 1 aromatic heterocycles. The molecule has 22 heavy (non-hydrogen) atoms. The summed E-state index contributed by atoms with van der Waals surface area (Å²) in [4.78, 5) is 4.79. The first-order chi connectivity index (χ1) is 10.3. The van der Waals surface area contributed by atoms with Gasteiger partial charge in [0.1, 0.15) is 5.01 Å². The van der Waals surface area contributed by atoms with Crippen molar-refractivity contribution in [2.45, 2.75) is 57.5 Å². The van der Waals surface area contributed by atoms with E-state index < -0.39 is 8.32 Å². The Labute approximate surface area is 138 Å². The maximum absolute atomic E-state index is 6.54. The summed E-state index contributed by atoms with van der Waals surface area (Å²) in [5.41, 5.74) is 1.11. The van der Waals surface area contributed by atoms with E-state index in [-0.39, 0.29) is 5.04 Å². The van der Waals surface area contributed by atoms with E-state index in [1.165, 1.54) is 9.71 Å². The molecular formula is C17H26N2OSSi. The van der Waals surface area contributed by atoms with Crippen molar-refractivity contribution in [1.29, 1.82) is 0 Å². The fraction of sp³-hybridized carbons (Fsp3) is 0.588. The predicted molar refractivity (Wildman–Crippen MR) is 97.1 cm³/mol. The molecule has 1 fully saturated rings. The van der Waals surface area contributed by atoms with Crippen LogP contribution in [0.4, 0.5) is 0 Å². The van der Waals surface area contributed by atoms with E-state index in [4.69, 9.17) is 9.41 Å². The van der Waals surface area contributed by atoms with Crippen LogP contribution in [0.2, 0.25) is 18.1 Å². The average molecular weight is 335 g/mol. The smallest absolute Gasteiger partial charge is 0.192 e. The maximum atomic E-state index is 6.54. The van der Waals surface area contributed by atoms with Gasteiger partial charge in [-0.3, -0.25) is 0 Å². The number of nitrogens with zero attached hydrogens (tertiary/aromatic N) is 1. The molecule has 2 heterocycles. The van der Waals surface area contributed by atoms with E-state index in [1.807, 2.05) is 0 Å². The van der Waals surface area contributed by atoms with E-state index in [1.54, 1.807) is 11.3 Å². The van der Waals surface area contributed by atoms with Gasteiger partial charge in [0.2, 0.25) is 0 Å². The molecule has 1 saturated heterocycles. The van der Waals surface area contributed by atoms with Gasteiger partial charge in [-0.1, -0.05) is 32.9 Å². The van der Waals surface area contributed by atoms with Crippen LogP contribution in [0, 0.1) is 0 Å². The normalized spacial score (nSPS) is 23.3. The van der Waals surface area contributed by atoms with E-state index in [0.29, 0.717) is 12.1 Å². The lowest BCUT2D eigenvalue weighted by molar-refractivity contribution is 0.197. The molecule has 1 aliphatic rings. The van der Waals surface area contributed by atoms with Crippen LogP contribution in [0.1, 0.15) is 38.2 Å². The molecule has 3 nitrogen and oxygen atoms in total. The van der Waals surface area contributed by atoms with Crippen molar-refractivity contribution in [3.63, 3.8) is 0 Å². The number of hydrogen-bond donors (Lipinski definition) is 1. The van der Waals surface area contributed by atoms with Crippen LogP contribution in [-0.4, -0.2) is 26.0 Å². The minimum absolute atomic E-state index is 0.265. The molecule has 5 heteroatoms. The van der Waals surface area contributed by atoms with Gasteiger partial charge in [-0.25, -0.2) is 4.98 Å². The maximum Gasteiger partial charge on any atom is 0.192 e. The van der Waals surface area contributed by atoms with Crippen molar-refractivity contribution in [2.75, 3.05) is 6.54 Å². The van der Waals surface area contributed by atoms with Gasteiger partial charge in [0.15, 0.2) is 8.32 Å². The molecule has 0 aliphatic carbocycles. The van der Waals surface area contributed by atoms with Gasteiger partial charge in [-0.2, -0.15) is 0 Å². The van der Waals surface area contributed by atoms with E-state index in [9.17, 15) is 0 Å². The highest BCUT2D eigenvalue weighted by Gasteiger charge is 2.41. The number of rotatable bonds is 3. The highest BCUT2D eigenvalue weighted by atomic mass is 32.1. The molecule has 2 aromatic rings. The Bertz CT molecular complexity index is 629.